The summed E-state index contributed by atoms with van der Waals surface area (Å²) in [7, 11) is 0. The summed E-state index contributed by atoms with van der Waals surface area (Å²) in [5.41, 5.74) is 0. The van der Waals surface area contributed by atoms with Gasteiger partial charge in [-0.3, -0.25) is 9.80 Å². The van der Waals surface area contributed by atoms with Gasteiger partial charge >= 0.3 is 0 Å². The van der Waals surface area contributed by atoms with Gasteiger partial charge in [0.2, 0.25) is 0 Å². The molecule has 0 amide bonds. The maximum atomic E-state index is 2.60. The molecule has 0 aromatic heterocycles. The summed E-state index contributed by atoms with van der Waals surface area (Å²) >= 11 is 0. The minimum absolute atomic E-state index is 0. The van der Waals surface area contributed by atoms with Gasteiger partial charge in [0, 0.05) is 31.2 Å². The average molecular weight is 232 g/mol. The zero-order valence-electron chi connectivity index (χ0n) is 11.0. The molecule has 1 aliphatic heterocycles. The van der Waals surface area contributed by atoms with E-state index in [1.165, 1.54) is 26.1 Å². The molecular formula is C12H28N2S. The van der Waals surface area contributed by atoms with Crippen LogP contribution in [0.3, 0.4) is 0 Å². The minimum atomic E-state index is 0. The molecule has 2 nitrogen and oxygen atoms in total. The van der Waals surface area contributed by atoms with E-state index in [4.69, 9.17) is 0 Å². The van der Waals surface area contributed by atoms with Crippen LogP contribution in [0.15, 0.2) is 0 Å². The molecule has 1 aliphatic rings. The van der Waals surface area contributed by atoms with Gasteiger partial charge in [0.25, 0.3) is 0 Å². The lowest BCUT2D eigenvalue weighted by molar-refractivity contribution is 0.0397. The number of hydrogen-bond donors (Lipinski definition) is 0. The Morgan fingerprint density at radius 2 is 1.73 bits per heavy atom. The fraction of sp³-hybridized carbons (Fsp3) is 1.00. The Kier molecular flexibility index (Phi) is 6.89. The monoisotopic (exact) mass is 232 g/mol. The second kappa shape index (κ2) is 6.77. The van der Waals surface area contributed by atoms with Gasteiger partial charge in [-0.1, -0.05) is 6.92 Å². The first kappa shape index (κ1) is 15.3. The van der Waals surface area contributed by atoms with Crippen LogP contribution in [0, 0.1) is 0 Å². The molecule has 0 aromatic rings. The van der Waals surface area contributed by atoms with Crippen molar-refractivity contribution in [3.8, 4) is 0 Å². The molecule has 0 radical (unpaired) electrons. The first-order valence-corrected chi connectivity index (χ1v) is 6.06. The Labute approximate surface area is 102 Å². The quantitative estimate of drug-likeness (QED) is 0.718. The van der Waals surface area contributed by atoms with Crippen molar-refractivity contribution in [2.45, 2.75) is 59.2 Å². The Hall–Kier alpha value is 0.270. The third-order valence-electron chi connectivity index (χ3n) is 3.42. The molecule has 0 aromatic carbocycles. The summed E-state index contributed by atoms with van der Waals surface area (Å²) in [4.78, 5) is 5.18. The van der Waals surface area contributed by atoms with Crippen molar-refractivity contribution in [1.82, 2.24) is 9.80 Å². The molecule has 1 heterocycles. The van der Waals surface area contributed by atoms with Crippen molar-refractivity contribution in [2.24, 2.45) is 0 Å². The second-order valence-electron chi connectivity index (χ2n) is 4.96. The number of likely N-dealkylation sites (N-methyl/N-ethyl adjacent to an activating group) is 1. The highest BCUT2D eigenvalue weighted by molar-refractivity contribution is 7.59. The summed E-state index contributed by atoms with van der Waals surface area (Å²) in [6.07, 6.45) is 1.39. The van der Waals surface area contributed by atoms with Crippen LogP contribution in [0.25, 0.3) is 0 Å². The predicted octanol–water partition coefficient (Wildman–Crippen LogP) is 2.31. The van der Waals surface area contributed by atoms with E-state index < -0.39 is 0 Å². The fourth-order valence-corrected chi connectivity index (χ4v) is 2.38. The van der Waals surface area contributed by atoms with E-state index in [-0.39, 0.29) is 13.5 Å². The van der Waals surface area contributed by atoms with Gasteiger partial charge in [-0.2, -0.15) is 13.5 Å². The third-order valence-corrected chi connectivity index (χ3v) is 3.42. The molecule has 3 heteroatoms. The lowest BCUT2D eigenvalue weighted by Crippen LogP contribution is -2.55. The average Bonchev–Trinajstić information content (AvgIpc) is 2.02. The molecule has 1 saturated heterocycles. The summed E-state index contributed by atoms with van der Waals surface area (Å²) in [5, 5.41) is 0. The van der Waals surface area contributed by atoms with Crippen molar-refractivity contribution >= 4 is 13.5 Å². The molecule has 0 bridgehead atoms. The van der Waals surface area contributed by atoms with Gasteiger partial charge in [0.05, 0.1) is 0 Å². The Morgan fingerprint density at radius 3 is 2.00 bits per heavy atom. The molecule has 0 N–H and O–H groups in total. The fourth-order valence-electron chi connectivity index (χ4n) is 2.38. The van der Waals surface area contributed by atoms with Crippen LogP contribution in [-0.4, -0.2) is 47.6 Å². The zero-order chi connectivity index (χ0) is 10.7. The van der Waals surface area contributed by atoms with E-state index in [9.17, 15) is 0 Å². The predicted molar refractivity (Wildman–Crippen MR) is 73.0 cm³/mol. The van der Waals surface area contributed by atoms with Crippen LogP contribution in [0.4, 0.5) is 0 Å². The number of nitrogens with zero attached hydrogens (tertiary/aromatic N) is 2. The molecule has 0 spiro atoms. The van der Waals surface area contributed by atoms with Crippen molar-refractivity contribution in [2.75, 3.05) is 19.6 Å². The lowest BCUT2D eigenvalue weighted by atomic mass is 10.0. The molecule has 0 unspecified atom stereocenters. The highest BCUT2D eigenvalue weighted by atomic mass is 32.1. The smallest absolute Gasteiger partial charge is 0.0235 e. The van der Waals surface area contributed by atoms with Crippen molar-refractivity contribution in [3.63, 3.8) is 0 Å². The van der Waals surface area contributed by atoms with Crippen molar-refractivity contribution in [3.05, 3.63) is 0 Å². The summed E-state index contributed by atoms with van der Waals surface area (Å²) in [5.74, 6) is 0. The summed E-state index contributed by atoms with van der Waals surface area (Å²) in [6, 6.07) is 2.17. The van der Waals surface area contributed by atoms with Crippen LogP contribution in [0.5, 0.6) is 0 Å². The van der Waals surface area contributed by atoms with E-state index in [1.807, 2.05) is 0 Å². The summed E-state index contributed by atoms with van der Waals surface area (Å²) < 4.78 is 0. The highest BCUT2D eigenvalue weighted by Crippen LogP contribution is 2.19. The second-order valence-corrected chi connectivity index (χ2v) is 4.96. The van der Waals surface area contributed by atoms with E-state index in [0.717, 1.165) is 6.04 Å². The third kappa shape index (κ3) is 3.97. The molecule has 1 fully saturated rings. The Balaban J connectivity index is 0.00000196. The van der Waals surface area contributed by atoms with Crippen LogP contribution in [0.2, 0.25) is 0 Å². The normalized spacial score (nSPS) is 22.0. The molecule has 92 valence electrons. The number of rotatable bonds is 5. The van der Waals surface area contributed by atoms with Gasteiger partial charge < -0.3 is 0 Å². The zero-order valence-corrected chi connectivity index (χ0v) is 12.0. The van der Waals surface area contributed by atoms with E-state index in [0.29, 0.717) is 12.1 Å². The van der Waals surface area contributed by atoms with Crippen LogP contribution >= 0.6 is 13.5 Å². The number of likely N-dealkylation sites (tertiary alicyclic amines) is 1. The van der Waals surface area contributed by atoms with Crippen molar-refractivity contribution in [1.29, 1.82) is 0 Å². The van der Waals surface area contributed by atoms with Crippen LogP contribution in [-0.2, 0) is 0 Å². The Bertz CT molecular complexity index is 161. The van der Waals surface area contributed by atoms with Gasteiger partial charge in [0.1, 0.15) is 0 Å². The minimum Gasteiger partial charge on any atom is -0.299 e. The van der Waals surface area contributed by atoms with E-state index >= 15 is 0 Å². The molecular weight excluding hydrogens is 204 g/mol. The molecule has 1 atom stereocenters. The maximum Gasteiger partial charge on any atom is 0.0235 e. The topological polar surface area (TPSA) is 6.48 Å². The van der Waals surface area contributed by atoms with Gasteiger partial charge in [0.15, 0.2) is 0 Å². The lowest BCUT2D eigenvalue weighted by Gasteiger charge is -2.45. The van der Waals surface area contributed by atoms with Gasteiger partial charge in [-0.25, -0.2) is 0 Å². The number of hydrogen-bond acceptors (Lipinski definition) is 2. The standard InChI is InChI=1S/C12H26N2.H2S/c1-6-13-8-7-12(13)9-14(10(2)3)11(4)5;/h10-12H,6-9H2,1-5H3;1H2/t12-;/m0./s1. The maximum absolute atomic E-state index is 2.60. The first-order chi connectivity index (χ1) is 6.56. The molecule has 0 saturated carbocycles. The largest absolute Gasteiger partial charge is 0.299 e. The molecule has 15 heavy (non-hydrogen) atoms. The van der Waals surface area contributed by atoms with Gasteiger partial charge in [-0.05, 0) is 40.7 Å². The van der Waals surface area contributed by atoms with Crippen LogP contribution in [0.1, 0.15) is 41.0 Å². The molecule has 0 aliphatic carbocycles. The van der Waals surface area contributed by atoms with Crippen LogP contribution < -0.4 is 0 Å². The van der Waals surface area contributed by atoms with Gasteiger partial charge in [-0.15, -0.1) is 0 Å². The van der Waals surface area contributed by atoms with Crippen molar-refractivity contribution < 1.29 is 0 Å². The summed E-state index contributed by atoms with van der Waals surface area (Å²) in [6.45, 7) is 15.2. The Morgan fingerprint density at radius 1 is 1.20 bits per heavy atom. The SMILES string of the molecule is CCN1CC[C@H]1CN(C(C)C)C(C)C.S. The van der Waals surface area contributed by atoms with E-state index in [2.05, 4.69) is 44.4 Å². The molecule has 1 rings (SSSR count). The highest BCUT2D eigenvalue weighted by Gasteiger charge is 2.29. The van der Waals surface area contributed by atoms with E-state index in [1.54, 1.807) is 0 Å². The first-order valence-electron chi connectivity index (χ1n) is 6.06.